The van der Waals surface area contributed by atoms with Gasteiger partial charge in [0, 0.05) is 35.2 Å². The molecule has 0 radical (unpaired) electrons. The standard InChI is InChI=1S/C20H24Cl2N2O4/c1-20(2,15-4-3-7-28-15)19(27)23-10-11-8-13(21)17(14(22)9-11)12-5-6-16(25)24-18(12)26/h8-9,12,15H,3-7,10H2,1-2H3,(H,23,27)(H,24,25,26). The minimum Gasteiger partial charge on any atom is -0.377 e. The third-order valence-corrected chi connectivity index (χ3v) is 6.12. The molecule has 2 heterocycles. The number of benzene rings is 1. The van der Waals surface area contributed by atoms with Crippen molar-refractivity contribution in [2.45, 2.75) is 58.1 Å². The van der Waals surface area contributed by atoms with Gasteiger partial charge in [-0.15, -0.1) is 0 Å². The first-order valence-electron chi connectivity index (χ1n) is 9.41. The highest BCUT2D eigenvalue weighted by atomic mass is 35.5. The van der Waals surface area contributed by atoms with E-state index in [1.807, 2.05) is 13.8 Å². The first kappa shape index (κ1) is 21.1. The largest absolute Gasteiger partial charge is 0.377 e. The number of amides is 3. The number of halogens is 2. The van der Waals surface area contributed by atoms with E-state index in [2.05, 4.69) is 10.6 Å². The molecule has 0 spiro atoms. The molecule has 28 heavy (non-hydrogen) atoms. The normalized spacial score (nSPS) is 22.9. The fourth-order valence-corrected chi connectivity index (χ4v) is 4.54. The summed E-state index contributed by atoms with van der Waals surface area (Å²) in [4.78, 5) is 36.1. The minimum absolute atomic E-state index is 0.0884. The number of imide groups is 1. The summed E-state index contributed by atoms with van der Waals surface area (Å²) < 4.78 is 5.66. The number of hydrogen-bond donors (Lipinski definition) is 2. The molecule has 0 bridgehead atoms. The van der Waals surface area contributed by atoms with Crippen LogP contribution in [0.4, 0.5) is 0 Å². The molecule has 2 atom stereocenters. The Bertz CT molecular complexity index is 780. The van der Waals surface area contributed by atoms with Gasteiger partial charge in [0.2, 0.25) is 17.7 Å². The highest BCUT2D eigenvalue weighted by Crippen LogP contribution is 2.37. The van der Waals surface area contributed by atoms with E-state index in [0.29, 0.717) is 28.6 Å². The lowest BCUT2D eigenvalue weighted by molar-refractivity contribution is -0.136. The molecule has 1 aromatic carbocycles. The predicted octanol–water partition coefficient (Wildman–Crippen LogP) is 3.34. The third kappa shape index (κ3) is 4.34. The molecule has 3 amide bonds. The molecule has 2 aliphatic heterocycles. The molecular weight excluding hydrogens is 403 g/mol. The van der Waals surface area contributed by atoms with E-state index in [4.69, 9.17) is 27.9 Å². The second-order valence-corrected chi connectivity index (χ2v) is 8.70. The van der Waals surface area contributed by atoms with Crippen molar-refractivity contribution in [2.75, 3.05) is 6.61 Å². The fourth-order valence-electron chi connectivity index (χ4n) is 3.74. The molecule has 0 aliphatic carbocycles. The topological polar surface area (TPSA) is 84.5 Å². The summed E-state index contributed by atoms with van der Waals surface area (Å²) in [5, 5.41) is 5.94. The van der Waals surface area contributed by atoms with Gasteiger partial charge in [0.05, 0.1) is 17.4 Å². The number of nitrogens with one attached hydrogen (secondary N) is 2. The van der Waals surface area contributed by atoms with Crippen LogP contribution in [-0.4, -0.2) is 30.4 Å². The lowest BCUT2D eigenvalue weighted by Crippen LogP contribution is -2.44. The molecular formula is C20H24Cl2N2O4. The van der Waals surface area contributed by atoms with Gasteiger partial charge in [0.15, 0.2) is 0 Å². The summed E-state index contributed by atoms with van der Waals surface area (Å²) in [6.45, 7) is 4.72. The van der Waals surface area contributed by atoms with Crippen molar-refractivity contribution < 1.29 is 19.1 Å². The maximum atomic E-state index is 12.6. The van der Waals surface area contributed by atoms with Crippen LogP contribution >= 0.6 is 23.2 Å². The second-order valence-electron chi connectivity index (χ2n) is 7.88. The zero-order valence-corrected chi connectivity index (χ0v) is 17.5. The Kier molecular flexibility index (Phi) is 6.32. The van der Waals surface area contributed by atoms with Crippen LogP contribution in [0, 0.1) is 5.41 Å². The van der Waals surface area contributed by atoms with Crippen molar-refractivity contribution in [3.8, 4) is 0 Å². The van der Waals surface area contributed by atoms with Gasteiger partial charge in [-0.3, -0.25) is 19.7 Å². The molecule has 0 aromatic heterocycles. The Morgan fingerprint density at radius 3 is 2.50 bits per heavy atom. The molecule has 3 rings (SSSR count). The summed E-state index contributed by atoms with van der Waals surface area (Å²) in [5.74, 6) is -1.33. The Hall–Kier alpha value is -1.63. The molecule has 8 heteroatoms. The quantitative estimate of drug-likeness (QED) is 0.706. The highest BCUT2D eigenvalue weighted by Gasteiger charge is 2.39. The molecule has 2 saturated heterocycles. The Morgan fingerprint density at radius 1 is 1.25 bits per heavy atom. The average molecular weight is 427 g/mol. The van der Waals surface area contributed by atoms with Crippen LogP contribution in [0.5, 0.6) is 0 Å². The van der Waals surface area contributed by atoms with Gasteiger partial charge in [0.1, 0.15) is 0 Å². The number of carbonyl (C=O) groups is 3. The number of carbonyl (C=O) groups excluding carboxylic acids is 3. The van der Waals surface area contributed by atoms with Gasteiger partial charge in [-0.1, -0.05) is 23.2 Å². The van der Waals surface area contributed by atoms with Crippen molar-refractivity contribution in [3.05, 3.63) is 33.3 Å². The van der Waals surface area contributed by atoms with Crippen molar-refractivity contribution in [1.82, 2.24) is 10.6 Å². The van der Waals surface area contributed by atoms with E-state index >= 15 is 0 Å². The van der Waals surface area contributed by atoms with Gasteiger partial charge in [-0.25, -0.2) is 0 Å². The number of rotatable bonds is 5. The Balaban J connectivity index is 1.70. The van der Waals surface area contributed by atoms with E-state index in [1.54, 1.807) is 12.1 Å². The van der Waals surface area contributed by atoms with Crippen LogP contribution in [0.25, 0.3) is 0 Å². The number of ether oxygens (including phenoxy) is 1. The molecule has 2 aliphatic rings. The first-order chi connectivity index (χ1) is 13.2. The van der Waals surface area contributed by atoms with Crippen LogP contribution in [0.2, 0.25) is 10.0 Å². The van der Waals surface area contributed by atoms with E-state index in [0.717, 1.165) is 18.4 Å². The summed E-state index contributed by atoms with van der Waals surface area (Å²) in [6, 6.07) is 3.40. The Morgan fingerprint density at radius 2 is 1.93 bits per heavy atom. The van der Waals surface area contributed by atoms with Crippen molar-refractivity contribution in [1.29, 1.82) is 0 Å². The fraction of sp³-hybridized carbons (Fsp3) is 0.550. The van der Waals surface area contributed by atoms with E-state index in [9.17, 15) is 14.4 Å². The van der Waals surface area contributed by atoms with Gasteiger partial charge >= 0.3 is 0 Å². The van der Waals surface area contributed by atoms with Crippen molar-refractivity contribution in [3.63, 3.8) is 0 Å². The highest BCUT2D eigenvalue weighted by molar-refractivity contribution is 6.36. The molecule has 1 aromatic rings. The molecule has 0 saturated carbocycles. The van der Waals surface area contributed by atoms with Crippen LogP contribution in [0.3, 0.4) is 0 Å². The average Bonchev–Trinajstić information content (AvgIpc) is 3.16. The van der Waals surface area contributed by atoms with E-state index in [-0.39, 0.29) is 36.8 Å². The van der Waals surface area contributed by atoms with E-state index < -0.39 is 11.3 Å². The predicted molar refractivity (Wildman–Crippen MR) is 106 cm³/mol. The molecule has 152 valence electrons. The molecule has 2 unspecified atom stereocenters. The SMILES string of the molecule is CC(C)(C(=O)NCc1cc(Cl)c(C2CCC(=O)NC2=O)c(Cl)c1)C1CCCO1. The summed E-state index contributed by atoms with van der Waals surface area (Å²) >= 11 is 12.8. The van der Waals surface area contributed by atoms with Crippen LogP contribution < -0.4 is 10.6 Å². The van der Waals surface area contributed by atoms with Gasteiger partial charge in [-0.05, 0) is 50.8 Å². The lowest BCUT2D eigenvalue weighted by atomic mass is 9.84. The third-order valence-electron chi connectivity index (χ3n) is 5.50. The maximum absolute atomic E-state index is 12.6. The zero-order chi connectivity index (χ0) is 20.5. The van der Waals surface area contributed by atoms with Gasteiger partial charge < -0.3 is 10.1 Å². The van der Waals surface area contributed by atoms with Crippen LogP contribution in [0.1, 0.15) is 56.6 Å². The summed E-state index contributed by atoms with van der Waals surface area (Å²) in [5.41, 5.74) is 0.627. The monoisotopic (exact) mass is 426 g/mol. The second kappa shape index (κ2) is 8.39. The van der Waals surface area contributed by atoms with Crippen LogP contribution in [-0.2, 0) is 25.7 Å². The zero-order valence-electron chi connectivity index (χ0n) is 15.9. The maximum Gasteiger partial charge on any atom is 0.234 e. The minimum atomic E-state index is -0.628. The lowest BCUT2D eigenvalue weighted by Gasteiger charge is -2.29. The van der Waals surface area contributed by atoms with Crippen molar-refractivity contribution >= 4 is 40.9 Å². The number of piperidine rings is 1. The Labute approximate surface area is 174 Å². The van der Waals surface area contributed by atoms with Crippen LogP contribution in [0.15, 0.2) is 12.1 Å². The molecule has 2 fully saturated rings. The van der Waals surface area contributed by atoms with Gasteiger partial charge in [-0.2, -0.15) is 0 Å². The number of hydrogen-bond acceptors (Lipinski definition) is 4. The van der Waals surface area contributed by atoms with Crippen molar-refractivity contribution in [2.24, 2.45) is 5.41 Å². The molecule has 2 N–H and O–H groups in total. The van der Waals surface area contributed by atoms with Gasteiger partial charge in [0.25, 0.3) is 0 Å². The molecule has 6 nitrogen and oxygen atoms in total. The first-order valence-corrected chi connectivity index (χ1v) is 10.2. The smallest absolute Gasteiger partial charge is 0.234 e. The van der Waals surface area contributed by atoms with E-state index in [1.165, 1.54) is 0 Å². The summed E-state index contributed by atoms with van der Waals surface area (Å²) in [6.07, 6.45) is 2.37. The summed E-state index contributed by atoms with van der Waals surface area (Å²) in [7, 11) is 0.